The number of piperazine rings is 1. The van der Waals surface area contributed by atoms with E-state index in [0.29, 0.717) is 0 Å². The van der Waals surface area contributed by atoms with Crippen molar-refractivity contribution < 1.29 is 9.59 Å². The van der Waals surface area contributed by atoms with E-state index in [0.717, 1.165) is 19.3 Å². The highest BCUT2D eigenvalue weighted by molar-refractivity contribution is 6.00. The molecule has 0 radical (unpaired) electrons. The predicted molar refractivity (Wildman–Crippen MR) is 53.7 cm³/mol. The Morgan fingerprint density at radius 1 is 1.29 bits per heavy atom. The summed E-state index contributed by atoms with van der Waals surface area (Å²) >= 11 is 0. The van der Waals surface area contributed by atoms with Gasteiger partial charge in [-0.2, -0.15) is 0 Å². The summed E-state index contributed by atoms with van der Waals surface area (Å²) < 4.78 is 0. The Balaban J connectivity index is 2.17. The molecule has 80 valence electrons. The number of amides is 2. The molecule has 1 rings (SSSR count). The smallest absolute Gasteiger partial charge is 0.243 e. The van der Waals surface area contributed by atoms with E-state index in [1.54, 1.807) is 0 Å². The van der Waals surface area contributed by atoms with Gasteiger partial charge < -0.3 is 0 Å². The fourth-order valence-corrected chi connectivity index (χ4v) is 1.59. The number of nitrogens with one attached hydrogen (secondary N) is 2. The molecule has 1 aliphatic heterocycles. The van der Waals surface area contributed by atoms with Crippen LogP contribution < -0.4 is 10.6 Å². The minimum Gasteiger partial charge on any atom is -0.297 e. The molecule has 0 aromatic rings. The first-order chi connectivity index (χ1) is 6.74. The predicted octanol–water partition coefficient (Wildman–Crippen LogP) is 0.571. The fraction of sp³-hybridized carbons (Fsp3) is 0.800. The van der Waals surface area contributed by atoms with E-state index in [2.05, 4.69) is 17.6 Å². The molecule has 4 heteroatoms. The topological polar surface area (TPSA) is 58.2 Å². The number of hydrogen-bond donors (Lipinski definition) is 2. The molecule has 1 unspecified atom stereocenters. The second kappa shape index (κ2) is 5.75. The Kier molecular flexibility index (Phi) is 4.59. The number of rotatable bonds is 5. The van der Waals surface area contributed by atoms with Crippen LogP contribution in [-0.2, 0) is 9.59 Å². The van der Waals surface area contributed by atoms with Crippen molar-refractivity contribution in [2.75, 3.05) is 6.54 Å². The Hall–Kier alpha value is -0.900. The van der Waals surface area contributed by atoms with E-state index in [4.69, 9.17) is 0 Å². The Morgan fingerprint density at radius 2 is 2.07 bits per heavy atom. The van der Waals surface area contributed by atoms with Crippen molar-refractivity contribution in [3.8, 4) is 0 Å². The summed E-state index contributed by atoms with van der Waals surface area (Å²) in [5, 5.41) is 5.26. The third-order valence-corrected chi connectivity index (χ3v) is 2.43. The summed E-state index contributed by atoms with van der Waals surface area (Å²) in [6, 6.07) is -0.162. The minimum atomic E-state index is -0.222. The average Bonchev–Trinajstić information content (AvgIpc) is 2.15. The molecule has 0 spiro atoms. The van der Waals surface area contributed by atoms with Crippen LogP contribution in [-0.4, -0.2) is 24.4 Å². The van der Waals surface area contributed by atoms with Crippen LogP contribution in [0.2, 0.25) is 0 Å². The molecular formula is C10H18N2O2. The minimum absolute atomic E-state index is 0.162. The van der Waals surface area contributed by atoms with E-state index < -0.39 is 0 Å². The Labute approximate surface area is 84.4 Å². The van der Waals surface area contributed by atoms with E-state index in [1.807, 2.05) is 0 Å². The first-order valence-corrected chi connectivity index (χ1v) is 5.31. The molecule has 2 N–H and O–H groups in total. The number of unbranched alkanes of at least 4 members (excludes halogenated alkanes) is 3. The van der Waals surface area contributed by atoms with Crippen molar-refractivity contribution in [2.45, 2.75) is 45.1 Å². The zero-order valence-corrected chi connectivity index (χ0v) is 8.64. The molecule has 0 aromatic carbocycles. The summed E-state index contributed by atoms with van der Waals surface area (Å²) in [7, 11) is 0. The third-order valence-electron chi connectivity index (χ3n) is 2.43. The van der Waals surface area contributed by atoms with Gasteiger partial charge in [-0.15, -0.1) is 0 Å². The number of hydrogen-bond acceptors (Lipinski definition) is 3. The molecule has 1 heterocycles. The molecule has 0 aromatic heterocycles. The maximum Gasteiger partial charge on any atom is 0.243 e. The van der Waals surface area contributed by atoms with Gasteiger partial charge >= 0.3 is 0 Å². The molecule has 1 aliphatic rings. The van der Waals surface area contributed by atoms with Crippen LogP contribution in [0.3, 0.4) is 0 Å². The summed E-state index contributed by atoms with van der Waals surface area (Å²) in [4.78, 5) is 22.1. The average molecular weight is 198 g/mol. The zero-order chi connectivity index (χ0) is 10.4. The lowest BCUT2D eigenvalue weighted by atomic mass is 10.1. The van der Waals surface area contributed by atoms with E-state index in [1.165, 1.54) is 12.8 Å². The van der Waals surface area contributed by atoms with Crippen LogP contribution in [0.25, 0.3) is 0 Å². The van der Waals surface area contributed by atoms with Crippen LogP contribution in [0.15, 0.2) is 0 Å². The van der Waals surface area contributed by atoms with Crippen molar-refractivity contribution >= 4 is 11.8 Å². The normalized spacial score (nSPS) is 22.2. The van der Waals surface area contributed by atoms with Crippen molar-refractivity contribution in [1.29, 1.82) is 0 Å². The molecule has 1 saturated heterocycles. The molecule has 14 heavy (non-hydrogen) atoms. The van der Waals surface area contributed by atoms with Gasteiger partial charge in [0.05, 0.1) is 12.6 Å². The molecule has 1 atom stereocenters. The van der Waals surface area contributed by atoms with E-state index in [-0.39, 0.29) is 24.4 Å². The maximum absolute atomic E-state index is 11.3. The quantitative estimate of drug-likeness (QED) is 0.501. The molecule has 1 fully saturated rings. The molecule has 2 amide bonds. The highest BCUT2D eigenvalue weighted by Gasteiger charge is 2.24. The standard InChI is InChI=1S/C10H18N2O2/c1-2-3-4-5-6-8-10(14)12-9(13)7-11-8/h8,11H,2-7H2,1H3,(H,12,13,14). The van der Waals surface area contributed by atoms with Gasteiger partial charge in [0.15, 0.2) is 0 Å². The fourth-order valence-electron chi connectivity index (χ4n) is 1.59. The van der Waals surface area contributed by atoms with E-state index >= 15 is 0 Å². The SMILES string of the molecule is CCCCCCC1NCC(=O)NC1=O. The molecule has 4 nitrogen and oxygen atoms in total. The molecule has 0 bridgehead atoms. The lowest BCUT2D eigenvalue weighted by molar-refractivity contribution is -0.134. The maximum atomic E-state index is 11.3. The lowest BCUT2D eigenvalue weighted by Gasteiger charge is -2.22. The van der Waals surface area contributed by atoms with Gasteiger partial charge in [0.25, 0.3) is 0 Å². The highest BCUT2D eigenvalue weighted by atomic mass is 16.2. The Morgan fingerprint density at radius 3 is 2.71 bits per heavy atom. The summed E-state index contributed by atoms with van der Waals surface area (Å²) in [6.45, 7) is 2.43. The zero-order valence-electron chi connectivity index (χ0n) is 8.64. The van der Waals surface area contributed by atoms with Crippen molar-refractivity contribution in [2.24, 2.45) is 0 Å². The summed E-state index contributed by atoms with van der Waals surface area (Å²) in [5.74, 6) is -0.391. The van der Waals surface area contributed by atoms with E-state index in [9.17, 15) is 9.59 Å². The second-order valence-electron chi connectivity index (χ2n) is 3.70. The van der Waals surface area contributed by atoms with Crippen LogP contribution in [0.5, 0.6) is 0 Å². The van der Waals surface area contributed by atoms with Gasteiger partial charge in [-0.3, -0.25) is 20.2 Å². The van der Waals surface area contributed by atoms with Gasteiger partial charge in [0, 0.05) is 0 Å². The van der Waals surface area contributed by atoms with Crippen molar-refractivity contribution in [1.82, 2.24) is 10.6 Å². The first kappa shape index (κ1) is 11.2. The van der Waals surface area contributed by atoms with Gasteiger partial charge in [0.2, 0.25) is 11.8 Å². The van der Waals surface area contributed by atoms with Crippen LogP contribution in [0, 0.1) is 0 Å². The summed E-state index contributed by atoms with van der Waals surface area (Å²) in [6.07, 6.45) is 5.46. The van der Waals surface area contributed by atoms with Gasteiger partial charge in [-0.05, 0) is 6.42 Å². The molecule has 0 aliphatic carbocycles. The highest BCUT2D eigenvalue weighted by Crippen LogP contribution is 2.06. The van der Waals surface area contributed by atoms with Gasteiger partial charge in [-0.1, -0.05) is 32.6 Å². The second-order valence-corrected chi connectivity index (χ2v) is 3.70. The van der Waals surface area contributed by atoms with Crippen molar-refractivity contribution in [3.63, 3.8) is 0 Å². The lowest BCUT2D eigenvalue weighted by Crippen LogP contribution is -2.55. The largest absolute Gasteiger partial charge is 0.297 e. The summed E-state index contributed by atoms with van der Waals surface area (Å²) in [5.41, 5.74) is 0. The number of carbonyl (C=O) groups is 2. The number of carbonyl (C=O) groups excluding carboxylic acids is 2. The van der Waals surface area contributed by atoms with Crippen molar-refractivity contribution in [3.05, 3.63) is 0 Å². The van der Waals surface area contributed by atoms with Crippen LogP contribution >= 0.6 is 0 Å². The number of imide groups is 1. The first-order valence-electron chi connectivity index (χ1n) is 5.31. The van der Waals surface area contributed by atoms with Gasteiger partial charge in [0.1, 0.15) is 0 Å². The molecular weight excluding hydrogens is 180 g/mol. The Bertz CT molecular complexity index is 216. The van der Waals surface area contributed by atoms with Gasteiger partial charge in [-0.25, -0.2) is 0 Å². The monoisotopic (exact) mass is 198 g/mol. The third kappa shape index (κ3) is 3.46. The van der Waals surface area contributed by atoms with Crippen LogP contribution in [0.4, 0.5) is 0 Å². The molecule has 0 saturated carbocycles. The van der Waals surface area contributed by atoms with Crippen LogP contribution in [0.1, 0.15) is 39.0 Å².